The van der Waals surface area contributed by atoms with Crippen LogP contribution in [-0.4, -0.2) is 26.5 Å². The van der Waals surface area contributed by atoms with Crippen molar-refractivity contribution in [2.45, 2.75) is 31.3 Å². The van der Waals surface area contributed by atoms with Gasteiger partial charge in [-0.2, -0.15) is 0 Å². The molecule has 1 fully saturated rings. The third-order valence-corrected chi connectivity index (χ3v) is 4.70. The van der Waals surface area contributed by atoms with Gasteiger partial charge in [0.1, 0.15) is 5.69 Å². The van der Waals surface area contributed by atoms with Crippen molar-refractivity contribution >= 4 is 16.7 Å². The molecule has 2 N–H and O–H groups in total. The van der Waals surface area contributed by atoms with E-state index >= 15 is 0 Å². The summed E-state index contributed by atoms with van der Waals surface area (Å²) in [5, 5.41) is 4.42. The zero-order valence-electron chi connectivity index (χ0n) is 13.1. The van der Waals surface area contributed by atoms with Crippen LogP contribution < -0.4 is 10.9 Å². The van der Waals surface area contributed by atoms with Crippen molar-refractivity contribution in [1.29, 1.82) is 0 Å². The summed E-state index contributed by atoms with van der Waals surface area (Å²) in [4.78, 5) is 31.5. The number of nitrogens with one attached hydrogen (secondary N) is 2. The van der Waals surface area contributed by atoms with Gasteiger partial charge in [0.2, 0.25) is 0 Å². The molecule has 6 nitrogen and oxygen atoms in total. The highest BCUT2D eigenvalue weighted by Crippen LogP contribution is 2.30. The van der Waals surface area contributed by atoms with Gasteiger partial charge in [0.15, 0.2) is 0 Å². The van der Waals surface area contributed by atoms with E-state index in [0.29, 0.717) is 11.1 Å². The van der Waals surface area contributed by atoms with Gasteiger partial charge in [0.05, 0.1) is 12.4 Å². The normalized spacial score (nSPS) is 20.3. The molecule has 122 valence electrons. The minimum Gasteiger partial charge on any atom is -0.346 e. The van der Waals surface area contributed by atoms with Crippen LogP contribution in [0.1, 0.15) is 35.8 Å². The van der Waals surface area contributed by atoms with E-state index in [-0.39, 0.29) is 23.6 Å². The van der Waals surface area contributed by atoms with Crippen molar-refractivity contribution in [3.8, 4) is 0 Å². The summed E-state index contributed by atoms with van der Waals surface area (Å²) in [5.41, 5.74) is 0.0609. The molecule has 0 radical (unpaired) electrons. The molecule has 4 rings (SSSR count). The van der Waals surface area contributed by atoms with Crippen molar-refractivity contribution in [2.24, 2.45) is 0 Å². The van der Waals surface area contributed by atoms with E-state index in [1.54, 1.807) is 24.7 Å². The van der Waals surface area contributed by atoms with Crippen LogP contribution in [0, 0.1) is 0 Å². The average Bonchev–Trinajstić information content (AvgIpc) is 3.25. The van der Waals surface area contributed by atoms with E-state index in [4.69, 9.17) is 0 Å². The van der Waals surface area contributed by atoms with Gasteiger partial charge in [0, 0.05) is 23.8 Å². The Morgan fingerprint density at radius 3 is 3.00 bits per heavy atom. The summed E-state index contributed by atoms with van der Waals surface area (Å²) in [6.07, 6.45) is 8.45. The number of amides is 1. The van der Waals surface area contributed by atoms with Crippen LogP contribution in [0.2, 0.25) is 0 Å². The number of fused-ring (bicyclic) bond motifs is 1. The molecule has 3 aromatic rings. The van der Waals surface area contributed by atoms with Crippen molar-refractivity contribution in [3.05, 3.63) is 65.1 Å². The van der Waals surface area contributed by atoms with E-state index in [0.717, 1.165) is 24.6 Å². The highest BCUT2D eigenvalue weighted by molar-refractivity contribution is 5.96. The van der Waals surface area contributed by atoms with Gasteiger partial charge in [-0.15, -0.1) is 0 Å². The fourth-order valence-electron chi connectivity index (χ4n) is 3.51. The van der Waals surface area contributed by atoms with Gasteiger partial charge in [0.25, 0.3) is 11.5 Å². The summed E-state index contributed by atoms with van der Waals surface area (Å²) < 4.78 is 2.04. The van der Waals surface area contributed by atoms with Crippen LogP contribution in [0.25, 0.3) is 10.8 Å². The van der Waals surface area contributed by atoms with Crippen molar-refractivity contribution in [3.63, 3.8) is 0 Å². The topological polar surface area (TPSA) is 79.8 Å². The van der Waals surface area contributed by atoms with Crippen LogP contribution in [0.5, 0.6) is 0 Å². The first-order valence-electron chi connectivity index (χ1n) is 8.13. The van der Waals surface area contributed by atoms with Crippen molar-refractivity contribution in [1.82, 2.24) is 19.9 Å². The number of benzene rings is 1. The maximum Gasteiger partial charge on any atom is 0.268 e. The van der Waals surface area contributed by atoms with E-state index < -0.39 is 0 Å². The van der Waals surface area contributed by atoms with Crippen LogP contribution in [0.4, 0.5) is 0 Å². The van der Waals surface area contributed by atoms with Gasteiger partial charge >= 0.3 is 0 Å². The average molecular weight is 322 g/mol. The molecule has 1 aliphatic carbocycles. The molecule has 1 aliphatic rings. The minimum atomic E-state index is -0.241. The molecule has 1 saturated carbocycles. The molecular weight excluding hydrogens is 304 g/mol. The predicted octanol–water partition coefficient (Wildman–Crippen LogP) is 2.25. The number of rotatable bonds is 3. The summed E-state index contributed by atoms with van der Waals surface area (Å²) >= 11 is 0. The standard InChI is InChI=1S/C18H18N4O2/c23-17-13-5-2-1-4-12(13)10-15(21-17)18(24)20-14-6-3-7-16(14)22-9-8-19-11-22/h1-2,4-5,8-11,14,16H,3,6-7H2,(H,20,24)(H,21,23). The van der Waals surface area contributed by atoms with Crippen LogP contribution in [0.15, 0.2) is 53.8 Å². The minimum absolute atomic E-state index is 0.0432. The third kappa shape index (κ3) is 2.60. The molecule has 2 aromatic heterocycles. The molecule has 0 spiro atoms. The number of nitrogens with zero attached hydrogens (tertiary/aromatic N) is 2. The Balaban J connectivity index is 1.59. The molecule has 2 unspecified atom stereocenters. The summed E-state index contributed by atoms with van der Waals surface area (Å²) in [6.45, 7) is 0. The molecular formula is C18H18N4O2. The maximum atomic E-state index is 12.6. The largest absolute Gasteiger partial charge is 0.346 e. The summed E-state index contributed by atoms with van der Waals surface area (Å²) in [6, 6.07) is 9.24. The van der Waals surface area contributed by atoms with Gasteiger partial charge < -0.3 is 14.9 Å². The smallest absolute Gasteiger partial charge is 0.268 e. The second kappa shape index (κ2) is 5.96. The first-order valence-corrected chi connectivity index (χ1v) is 8.13. The van der Waals surface area contributed by atoms with E-state index in [2.05, 4.69) is 15.3 Å². The molecule has 6 heteroatoms. The Kier molecular flexibility index (Phi) is 3.65. The Morgan fingerprint density at radius 1 is 1.29 bits per heavy atom. The van der Waals surface area contributed by atoms with Crippen LogP contribution >= 0.6 is 0 Å². The quantitative estimate of drug-likeness (QED) is 0.776. The number of carbonyl (C=O) groups excluding carboxylic acids is 1. The second-order valence-corrected chi connectivity index (χ2v) is 6.19. The molecule has 1 amide bonds. The molecule has 0 bridgehead atoms. The summed E-state index contributed by atoms with van der Waals surface area (Å²) in [5.74, 6) is -0.241. The summed E-state index contributed by atoms with van der Waals surface area (Å²) in [7, 11) is 0. The first-order chi connectivity index (χ1) is 11.7. The second-order valence-electron chi connectivity index (χ2n) is 6.19. The highest BCUT2D eigenvalue weighted by atomic mass is 16.2. The fraction of sp³-hybridized carbons (Fsp3) is 0.278. The zero-order valence-corrected chi connectivity index (χ0v) is 13.1. The Hall–Kier alpha value is -2.89. The van der Waals surface area contributed by atoms with Gasteiger partial charge in [-0.3, -0.25) is 9.59 Å². The van der Waals surface area contributed by atoms with Gasteiger partial charge in [-0.25, -0.2) is 4.98 Å². The van der Waals surface area contributed by atoms with Crippen molar-refractivity contribution in [2.75, 3.05) is 0 Å². The maximum absolute atomic E-state index is 12.6. The number of hydrogen-bond donors (Lipinski definition) is 2. The number of H-pyrrole nitrogens is 1. The molecule has 2 atom stereocenters. The molecule has 2 heterocycles. The van der Waals surface area contributed by atoms with Gasteiger partial charge in [-0.1, -0.05) is 18.2 Å². The number of aromatic amines is 1. The van der Waals surface area contributed by atoms with Crippen LogP contribution in [-0.2, 0) is 0 Å². The number of aromatic nitrogens is 3. The monoisotopic (exact) mass is 322 g/mol. The van der Waals surface area contributed by atoms with E-state index in [1.807, 2.05) is 29.0 Å². The van der Waals surface area contributed by atoms with Crippen LogP contribution in [0.3, 0.4) is 0 Å². The number of carbonyl (C=O) groups is 1. The zero-order chi connectivity index (χ0) is 16.5. The van der Waals surface area contributed by atoms with E-state index in [1.165, 1.54) is 0 Å². The van der Waals surface area contributed by atoms with Gasteiger partial charge in [-0.05, 0) is 36.8 Å². The lowest BCUT2D eigenvalue weighted by Gasteiger charge is -2.22. The Labute approximate surface area is 138 Å². The lowest BCUT2D eigenvalue weighted by atomic mass is 10.1. The molecule has 0 aliphatic heterocycles. The predicted molar refractivity (Wildman–Crippen MR) is 90.9 cm³/mol. The molecule has 24 heavy (non-hydrogen) atoms. The third-order valence-electron chi connectivity index (χ3n) is 4.70. The van der Waals surface area contributed by atoms with E-state index in [9.17, 15) is 9.59 Å². The lowest BCUT2D eigenvalue weighted by molar-refractivity contribution is 0.0923. The fourth-order valence-corrected chi connectivity index (χ4v) is 3.51. The number of pyridine rings is 1. The first kappa shape index (κ1) is 14.7. The lowest BCUT2D eigenvalue weighted by Crippen LogP contribution is -2.39. The molecule has 1 aromatic carbocycles. The Bertz CT molecular complexity index is 930. The number of hydrogen-bond acceptors (Lipinski definition) is 3. The number of imidazole rings is 1. The Morgan fingerprint density at radius 2 is 2.17 bits per heavy atom. The molecule has 0 saturated heterocycles. The van der Waals surface area contributed by atoms with Crippen molar-refractivity contribution < 1.29 is 4.79 Å². The SMILES string of the molecule is O=C(NC1CCCC1n1ccnc1)c1cc2ccccc2c(=O)[nH]1. The highest BCUT2D eigenvalue weighted by Gasteiger charge is 2.30.